The Labute approximate surface area is 98.1 Å². The van der Waals surface area contributed by atoms with Gasteiger partial charge in [-0.3, -0.25) is 0 Å². The van der Waals surface area contributed by atoms with Crippen molar-refractivity contribution in [3.8, 4) is 0 Å². The molecule has 0 fully saturated rings. The van der Waals surface area contributed by atoms with E-state index in [1.807, 2.05) is 16.9 Å². The van der Waals surface area contributed by atoms with Gasteiger partial charge in [0.15, 0.2) is 0 Å². The smallest absolute Gasteiger partial charge is 0.309 e. The summed E-state index contributed by atoms with van der Waals surface area (Å²) in [6, 6.07) is 5.44. The number of hydrogen-bond acceptors (Lipinski definition) is 3. The molecule has 1 aromatic carbocycles. The summed E-state index contributed by atoms with van der Waals surface area (Å²) in [6.45, 7) is 1.41. The lowest BCUT2D eigenvalue weighted by molar-refractivity contribution is 0.232. The second-order valence-corrected chi connectivity index (χ2v) is 5.57. The third-order valence-corrected chi connectivity index (χ3v) is 3.63. The number of sulfonamides is 1. The molecule has 0 aliphatic carbocycles. The van der Waals surface area contributed by atoms with Gasteiger partial charge in [0.05, 0.1) is 0 Å². The normalized spacial score (nSPS) is 15.2. The molecule has 1 heterocycles. The van der Waals surface area contributed by atoms with Crippen LogP contribution in [0.4, 0.5) is 8.78 Å². The zero-order valence-corrected chi connectivity index (χ0v) is 9.73. The second-order valence-electron chi connectivity index (χ2n) is 3.83. The number of halogens is 2. The number of fused-ring (bicyclic) bond motifs is 1. The first-order chi connectivity index (χ1) is 7.99. The fraction of sp³-hybridized carbons (Fsp3) is 0.400. The molecule has 1 aliphatic heterocycles. The standard InChI is InChI=1S/C10H12F2N2O2S/c11-10(12)17(15,16)14-4-7-1-2-8-5-13-6-9(8)3-7/h1-3,10,13-14H,4-6H2. The first-order valence-corrected chi connectivity index (χ1v) is 6.62. The van der Waals surface area contributed by atoms with Crippen molar-refractivity contribution in [3.63, 3.8) is 0 Å². The van der Waals surface area contributed by atoms with E-state index in [1.165, 1.54) is 0 Å². The van der Waals surface area contributed by atoms with Crippen molar-refractivity contribution < 1.29 is 17.2 Å². The minimum absolute atomic E-state index is 0.111. The fourth-order valence-electron chi connectivity index (χ4n) is 1.71. The average molecular weight is 262 g/mol. The van der Waals surface area contributed by atoms with E-state index in [4.69, 9.17) is 0 Å². The predicted molar refractivity (Wildman–Crippen MR) is 58.7 cm³/mol. The van der Waals surface area contributed by atoms with Crippen LogP contribution >= 0.6 is 0 Å². The van der Waals surface area contributed by atoms with E-state index in [0.717, 1.165) is 24.2 Å². The van der Waals surface area contributed by atoms with E-state index < -0.39 is 15.8 Å². The molecular formula is C10H12F2N2O2S. The van der Waals surface area contributed by atoms with Crippen LogP contribution in [0.1, 0.15) is 16.7 Å². The first-order valence-electron chi connectivity index (χ1n) is 5.07. The Morgan fingerprint density at radius 1 is 1.29 bits per heavy atom. The molecule has 2 rings (SSSR count). The molecule has 2 N–H and O–H groups in total. The molecule has 0 radical (unpaired) electrons. The van der Waals surface area contributed by atoms with Gasteiger partial charge >= 0.3 is 5.76 Å². The van der Waals surface area contributed by atoms with E-state index in [-0.39, 0.29) is 6.54 Å². The van der Waals surface area contributed by atoms with Gasteiger partial charge < -0.3 is 5.32 Å². The van der Waals surface area contributed by atoms with Crippen LogP contribution in [0, 0.1) is 0 Å². The van der Waals surface area contributed by atoms with Crippen molar-refractivity contribution >= 4 is 10.0 Å². The Balaban J connectivity index is 2.06. The lowest BCUT2D eigenvalue weighted by Gasteiger charge is -2.07. The molecule has 0 saturated heterocycles. The van der Waals surface area contributed by atoms with Gasteiger partial charge in [0.2, 0.25) is 0 Å². The summed E-state index contributed by atoms with van der Waals surface area (Å²) < 4.78 is 47.7. The van der Waals surface area contributed by atoms with Crippen molar-refractivity contribution in [1.29, 1.82) is 0 Å². The van der Waals surface area contributed by atoms with Gasteiger partial charge in [0, 0.05) is 19.6 Å². The van der Waals surface area contributed by atoms with Crippen molar-refractivity contribution in [3.05, 3.63) is 34.9 Å². The molecular weight excluding hydrogens is 250 g/mol. The summed E-state index contributed by atoms with van der Waals surface area (Å²) in [7, 11) is -4.51. The summed E-state index contributed by atoms with van der Waals surface area (Å²) in [6.07, 6.45) is 0. The lowest BCUT2D eigenvalue weighted by atomic mass is 10.1. The topological polar surface area (TPSA) is 58.2 Å². The molecule has 0 atom stereocenters. The largest absolute Gasteiger partial charge is 0.350 e. The number of nitrogens with one attached hydrogen (secondary N) is 2. The quantitative estimate of drug-likeness (QED) is 0.848. The Morgan fingerprint density at radius 2 is 2.00 bits per heavy atom. The summed E-state index contributed by atoms with van der Waals surface area (Å²) >= 11 is 0. The molecule has 1 aromatic rings. The van der Waals surface area contributed by atoms with Gasteiger partial charge in [-0.05, 0) is 16.7 Å². The van der Waals surface area contributed by atoms with Gasteiger partial charge in [0.25, 0.3) is 10.0 Å². The molecule has 0 saturated carbocycles. The zero-order chi connectivity index (χ0) is 12.5. The molecule has 0 spiro atoms. The Kier molecular flexibility index (Phi) is 3.41. The highest BCUT2D eigenvalue weighted by molar-refractivity contribution is 7.89. The third-order valence-electron chi connectivity index (χ3n) is 2.61. The van der Waals surface area contributed by atoms with Crippen LogP contribution in [0.5, 0.6) is 0 Å². The van der Waals surface area contributed by atoms with Crippen molar-refractivity contribution in [2.45, 2.75) is 25.4 Å². The molecule has 1 aliphatic rings. The van der Waals surface area contributed by atoms with Gasteiger partial charge in [0.1, 0.15) is 0 Å². The highest BCUT2D eigenvalue weighted by Crippen LogP contribution is 2.17. The van der Waals surface area contributed by atoms with Crippen LogP contribution in [0.2, 0.25) is 0 Å². The van der Waals surface area contributed by atoms with E-state index in [1.54, 1.807) is 6.07 Å². The van der Waals surface area contributed by atoms with Crippen LogP contribution < -0.4 is 10.0 Å². The van der Waals surface area contributed by atoms with E-state index in [0.29, 0.717) is 5.56 Å². The minimum atomic E-state index is -4.51. The number of rotatable bonds is 4. The van der Waals surface area contributed by atoms with Crippen LogP contribution in [0.15, 0.2) is 18.2 Å². The van der Waals surface area contributed by atoms with Crippen molar-refractivity contribution in [1.82, 2.24) is 10.0 Å². The average Bonchev–Trinajstić information content (AvgIpc) is 2.73. The molecule has 94 valence electrons. The van der Waals surface area contributed by atoms with Crippen LogP contribution in [0.3, 0.4) is 0 Å². The number of benzene rings is 1. The Hall–Kier alpha value is -1.05. The molecule has 0 bridgehead atoms. The molecule has 4 nitrogen and oxygen atoms in total. The minimum Gasteiger partial charge on any atom is -0.309 e. The Bertz CT molecular complexity index is 517. The van der Waals surface area contributed by atoms with E-state index >= 15 is 0 Å². The first kappa shape index (κ1) is 12.4. The molecule has 7 heteroatoms. The maximum absolute atomic E-state index is 12.1. The maximum atomic E-state index is 12.1. The third kappa shape index (κ3) is 2.80. The zero-order valence-electron chi connectivity index (χ0n) is 8.91. The lowest BCUT2D eigenvalue weighted by Crippen LogP contribution is -2.28. The van der Waals surface area contributed by atoms with Gasteiger partial charge in [-0.25, -0.2) is 13.1 Å². The summed E-state index contributed by atoms with van der Waals surface area (Å²) in [4.78, 5) is 0. The number of alkyl halides is 2. The summed E-state index contributed by atoms with van der Waals surface area (Å²) in [5, 5.41) is 3.15. The van der Waals surface area contributed by atoms with E-state index in [9.17, 15) is 17.2 Å². The van der Waals surface area contributed by atoms with Crippen LogP contribution in [-0.4, -0.2) is 14.2 Å². The summed E-state index contributed by atoms with van der Waals surface area (Å²) in [5.41, 5.74) is 2.92. The van der Waals surface area contributed by atoms with Crippen molar-refractivity contribution in [2.24, 2.45) is 0 Å². The monoisotopic (exact) mass is 262 g/mol. The van der Waals surface area contributed by atoms with Gasteiger partial charge in [-0.15, -0.1) is 0 Å². The highest BCUT2D eigenvalue weighted by Gasteiger charge is 2.23. The fourth-order valence-corrected chi connectivity index (χ4v) is 2.20. The highest BCUT2D eigenvalue weighted by atomic mass is 32.2. The molecule has 0 amide bonds. The maximum Gasteiger partial charge on any atom is 0.350 e. The second kappa shape index (κ2) is 4.67. The summed E-state index contributed by atoms with van der Waals surface area (Å²) in [5.74, 6) is -3.39. The van der Waals surface area contributed by atoms with Crippen molar-refractivity contribution in [2.75, 3.05) is 0 Å². The van der Waals surface area contributed by atoms with E-state index in [2.05, 4.69) is 5.32 Å². The number of hydrogen-bond donors (Lipinski definition) is 2. The predicted octanol–water partition coefficient (Wildman–Crippen LogP) is 0.932. The molecule has 17 heavy (non-hydrogen) atoms. The van der Waals surface area contributed by atoms with Gasteiger partial charge in [-0.1, -0.05) is 18.2 Å². The molecule has 0 aromatic heterocycles. The van der Waals surface area contributed by atoms with Crippen LogP contribution in [-0.2, 0) is 29.7 Å². The molecule has 0 unspecified atom stereocenters. The SMILES string of the molecule is O=S(=O)(NCc1ccc2c(c1)CNC2)C(F)F. The van der Waals surface area contributed by atoms with Crippen LogP contribution in [0.25, 0.3) is 0 Å². The Morgan fingerprint density at radius 3 is 2.71 bits per heavy atom. The van der Waals surface area contributed by atoms with Gasteiger partial charge in [-0.2, -0.15) is 8.78 Å².